The van der Waals surface area contributed by atoms with Crippen LogP contribution in [0.15, 0.2) is 24.3 Å². The van der Waals surface area contributed by atoms with Crippen LogP contribution in [-0.4, -0.2) is 36.7 Å². The van der Waals surface area contributed by atoms with E-state index in [1.54, 1.807) is 0 Å². The van der Waals surface area contributed by atoms with Crippen LogP contribution in [0.3, 0.4) is 0 Å². The van der Waals surface area contributed by atoms with Crippen molar-refractivity contribution in [1.82, 2.24) is 10.2 Å². The van der Waals surface area contributed by atoms with E-state index in [9.17, 15) is 4.79 Å². The number of benzene rings is 1. The molecule has 1 unspecified atom stereocenters. The summed E-state index contributed by atoms with van der Waals surface area (Å²) in [4.78, 5) is 13.8. The average molecular weight is 297 g/mol. The number of nitrogens with one attached hydrogen (secondary N) is 1. The molecule has 0 saturated carbocycles. The van der Waals surface area contributed by atoms with E-state index in [0.29, 0.717) is 6.61 Å². The first-order valence-electron chi connectivity index (χ1n) is 7.07. The van der Waals surface area contributed by atoms with E-state index in [-0.39, 0.29) is 12.1 Å². The summed E-state index contributed by atoms with van der Waals surface area (Å²) in [5.41, 5.74) is 1.20. The van der Waals surface area contributed by atoms with Gasteiger partial charge in [0, 0.05) is 24.2 Å². The molecule has 0 bridgehead atoms. The van der Waals surface area contributed by atoms with Gasteiger partial charge in [0.05, 0.1) is 6.61 Å². The molecule has 1 fully saturated rings. The maximum absolute atomic E-state index is 11.5. The van der Waals surface area contributed by atoms with Crippen LogP contribution in [0, 0.1) is 0 Å². The van der Waals surface area contributed by atoms with E-state index in [0.717, 1.165) is 37.5 Å². The highest BCUT2D eigenvalue weighted by Gasteiger charge is 2.21. The molecule has 1 heterocycles. The highest BCUT2D eigenvalue weighted by atomic mass is 35.5. The van der Waals surface area contributed by atoms with Gasteiger partial charge < -0.3 is 10.1 Å². The molecule has 0 radical (unpaired) electrons. The second kappa shape index (κ2) is 7.50. The number of nitrogens with zero attached hydrogens (tertiary/aromatic N) is 1. The lowest BCUT2D eigenvalue weighted by molar-refractivity contribution is 0.132. The van der Waals surface area contributed by atoms with Crippen LogP contribution in [0.5, 0.6) is 0 Å². The largest absolute Gasteiger partial charge is 0.450 e. The van der Waals surface area contributed by atoms with E-state index in [2.05, 4.69) is 16.3 Å². The van der Waals surface area contributed by atoms with Crippen molar-refractivity contribution in [2.45, 2.75) is 32.4 Å². The number of carbonyl (C=O) groups excluding carboxylic acids is 1. The second-order valence-corrected chi connectivity index (χ2v) is 5.51. The first-order chi connectivity index (χ1) is 9.67. The van der Waals surface area contributed by atoms with Gasteiger partial charge in [-0.25, -0.2) is 4.79 Å². The molecule has 110 valence electrons. The van der Waals surface area contributed by atoms with Crippen LogP contribution in [0.4, 0.5) is 4.79 Å². The number of alkyl carbamates (subject to hydrolysis) is 1. The van der Waals surface area contributed by atoms with Gasteiger partial charge in [-0.05, 0) is 44.0 Å². The topological polar surface area (TPSA) is 41.6 Å². The van der Waals surface area contributed by atoms with Gasteiger partial charge in [0.1, 0.15) is 0 Å². The van der Waals surface area contributed by atoms with E-state index >= 15 is 0 Å². The fourth-order valence-corrected chi connectivity index (χ4v) is 2.76. The SMILES string of the molecule is CCOC(=O)NC1CCCN(Cc2cccc(Cl)c2)C1. The summed E-state index contributed by atoms with van der Waals surface area (Å²) < 4.78 is 4.93. The van der Waals surface area contributed by atoms with Crippen molar-refractivity contribution in [3.63, 3.8) is 0 Å². The molecule has 1 atom stereocenters. The lowest BCUT2D eigenvalue weighted by Gasteiger charge is -2.32. The average Bonchev–Trinajstić information content (AvgIpc) is 2.39. The van der Waals surface area contributed by atoms with Crippen LogP contribution < -0.4 is 5.32 Å². The van der Waals surface area contributed by atoms with Crippen LogP contribution in [0.2, 0.25) is 5.02 Å². The molecule has 1 aromatic rings. The molecule has 1 aromatic carbocycles. The van der Waals surface area contributed by atoms with Crippen LogP contribution in [0.1, 0.15) is 25.3 Å². The molecule has 0 spiro atoms. The number of piperidine rings is 1. The molecule has 1 amide bonds. The van der Waals surface area contributed by atoms with Crippen molar-refractivity contribution < 1.29 is 9.53 Å². The van der Waals surface area contributed by atoms with Gasteiger partial charge in [0.25, 0.3) is 0 Å². The monoisotopic (exact) mass is 296 g/mol. The van der Waals surface area contributed by atoms with Crippen molar-refractivity contribution in [3.05, 3.63) is 34.9 Å². The Balaban J connectivity index is 1.85. The van der Waals surface area contributed by atoms with Gasteiger partial charge in [0.2, 0.25) is 0 Å². The molecule has 1 aliphatic rings. The standard InChI is InChI=1S/C15H21ClN2O2/c1-2-20-15(19)17-14-7-4-8-18(11-14)10-12-5-3-6-13(16)9-12/h3,5-6,9,14H,2,4,7-8,10-11H2,1H3,(H,17,19). The second-order valence-electron chi connectivity index (χ2n) is 5.07. The van der Waals surface area contributed by atoms with E-state index in [1.165, 1.54) is 5.56 Å². The molecule has 20 heavy (non-hydrogen) atoms. The zero-order valence-electron chi connectivity index (χ0n) is 11.8. The number of likely N-dealkylation sites (tertiary alicyclic amines) is 1. The molecule has 0 aliphatic carbocycles. The zero-order chi connectivity index (χ0) is 14.4. The minimum Gasteiger partial charge on any atom is -0.450 e. The molecule has 1 N–H and O–H groups in total. The molecular weight excluding hydrogens is 276 g/mol. The van der Waals surface area contributed by atoms with Gasteiger partial charge in [-0.15, -0.1) is 0 Å². The summed E-state index contributed by atoms with van der Waals surface area (Å²) in [6.45, 7) is 4.98. The Kier molecular flexibility index (Phi) is 5.68. The van der Waals surface area contributed by atoms with Gasteiger partial charge in [0.15, 0.2) is 0 Å². The minimum absolute atomic E-state index is 0.169. The summed E-state index contributed by atoms with van der Waals surface area (Å²) in [7, 11) is 0. The fourth-order valence-electron chi connectivity index (χ4n) is 2.55. The van der Waals surface area contributed by atoms with Crippen LogP contribution in [0.25, 0.3) is 0 Å². The molecule has 1 aliphatic heterocycles. The molecule has 0 aromatic heterocycles. The van der Waals surface area contributed by atoms with Crippen molar-refractivity contribution in [2.75, 3.05) is 19.7 Å². The predicted molar refractivity (Wildman–Crippen MR) is 79.9 cm³/mol. The molecule has 2 rings (SSSR count). The Morgan fingerprint density at radius 3 is 3.15 bits per heavy atom. The van der Waals surface area contributed by atoms with Crippen molar-refractivity contribution >= 4 is 17.7 Å². The summed E-state index contributed by atoms with van der Waals surface area (Å²) in [5.74, 6) is 0. The Labute approximate surface area is 125 Å². The number of hydrogen-bond acceptors (Lipinski definition) is 3. The van der Waals surface area contributed by atoms with E-state index in [1.807, 2.05) is 25.1 Å². The van der Waals surface area contributed by atoms with Crippen LogP contribution in [-0.2, 0) is 11.3 Å². The fraction of sp³-hybridized carbons (Fsp3) is 0.533. The summed E-state index contributed by atoms with van der Waals surface area (Å²) in [5, 5.41) is 3.68. The van der Waals surface area contributed by atoms with Crippen molar-refractivity contribution in [1.29, 1.82) is 0 Å². The van der Waals surface area contributed by atoms with Crippen LogP contribution >= 0.6 is 11.6 Å². The number of amides is 1. The van der Waals surface area contributed by atoms with Crippen molar-refractivity contribution in [2.24, 2.45) is 0 Å². The van der Waals surface area contributed by atoms with Crippen molar-refractivity contribution in [3.8, 4) is 0 Å². The lowest BCUT2D eigenvalue weighted by atomic mass is 10.0. The molecule has 1 saturated heterocycles. The normalized spacial score (nSPS) is 19.6. The van der Waals surface area contributed by atoms with Gasteiger partial charge >= 0.3 is 6.09 Å². The summed E-state index contributed by atoms with van der Waals surface area (Å²) in [6.07, 6.45) is 1.77. The third kappa shape index (κ3) is 4.69. The Morgan fingerprint density at radius 1 is 1.55 bits per heavy atom. The number of carbonyl (C=O) groups is 1. The van der Waals surface area contributed by atoms with Gasteiger partial charge in [-0.1, -0.05) is 23.7 Å². The Hall–Kier alpha value is -1.26. The van der Waals surface area contributed by atoms with Gasteiger partial charge in [-0.3, -0.25) is 4.90 Å². The number of ether oxygens (including phenoxy) is 1. The Morgan fingerprint density at radius 2 is 2.40 bits per heavy atom. The maximum Gasteiger partial charge on any atom is 0.407 e. The lowest BCUT2D eigenvalue weighted by Crippen LogP contribution is -2.47. The number of rotatable bonds is 4. The third-order valence-electron chi connectivity index (χ3n) is 3.40. The predicted octanol–water partition coefficient (Wildman–Crippen LogP) is 3.05. The zero-order valence-corrected chi connectivity index (χ0v) is 12.5. The highest BCUT2D eigenvalue weighted by Crippen LogP contribution is 2.16. The van der Waals surface area contributed by atoms with E-state index in [4.69, 9.17) is 16.3 Å². The molecule has 5 heteroatoms. The quantitative estimate of drug-likeness (QED) is 0.928. The third-order valence-corrected chi connectivity index (χ3v) is 3.63. The Bertz CT molecular complexity index is 453. The minimum atomic E-state index is -0.317. The molecule has 4 nitrogen and oxygen atoms in total. The summed E-state index contributed by atoms with van der Waals surface area (Å²) >= 11 is 6.00. The highest BCUT2D eigenvalue weighted by molar-refractivity contribution is 6.30. The first-order valence-corrected chi connectivity index (χ1v) is 7.45. The molecular formula is C15H21ClN2O2. The smallest absolute Gasteiger partial charge is 0.407 e. The summed E-state index contributed by atoms with van der Waals surface area (Å²) in [6, 6.07) is 8.09. The first kappa shape index (κ1) is 15.1. The van der Waals surface area contributed by atoms with E-state index < -0.39 is 0 Å². The number of halogens is 1. The maximum atomic E-state index is 11.5. The number of hydrogen-bond donors (Lipinski definition) is 1. The van der Waals surface area contributed by atoms with Gasteiger partial charge in [-0.2, -0.15) is 0 Å².